The summed E-state index contributed by atoms with van der Waals surface area (Å²) >= 11 is 0. The number of carbonyl (C=O) groups is 5. The average Bonchev–Trinajstić information content (AvgIpc) is 3.35. The van der Waals surface area contributed by atoms with E-state index >= 15 is 4.39 Å². The van der Waals surface area contributed by atoms with Crippen LogP contribution in [0, 0.1) is 5.82 Å². The molecule has 4 rings (SSSR count). The van der Waals surface area contributed by atoms with Crippen LogP contribution in [0.3, 0.4) is 0 Å². The van der Waals surface area contributed by atoms with Crippen molar-refractivity contribution in [1.82, 2.24) is 10.2 Å². The smallest absolute Gasteiger partial charge is 0.414 e. The number of hydrogen-bond donors (Lipinski definition) is 3. The highest BCUT2D eigenvalue weighted by Gasteiger charge is 2.33. The molecule has 2 aliphatic rings. The molecular weight excluding hydrogens is 547 g/mol. The normalized spacial score (nSPS) is 17.5. The number of ether oxygens (including phenoxy) is 1. The van der Waals surface area contributed by atoms with Crippen molar-refractivity contribution in [3.05, 3.63) is 53.8 Å². The van der Waals surface area contributed by atoms with Crippen LogP contribution in [0.15, 0.2) is 42.5 Å². The lowest BCUT2D eigenvalue weighted by Crippen LogP contribution is -2.49. The second-order valence-electron chi connectivity index (χ2n) is 10.3. The quantitative estimate of drug-likeness (QED) is 0.359. The van der Waals surface area contributed by atoms with Crippen molar-refractivity contribution in [3.63, 3.8) is 0 Å². The van der Waals surface area contributed by atoms with Gasteiger partial charge in [-0.15, -0.1) is 0 Å². The molecule has 0 unspecified atom stereocenters. The van der Waals surface area contributed by atoms with Crippen molar-refractivity contribution < 1.29 is 33.1 Å². The standard InChI is InChI=1S/C29H35FN6O6/c1-18(31)28(40)33-21-5-3-20(4-6-21)26(38)9-10-27(39)35-13-11-34(12-14-35)25-8-7-22(15-24(25)30)36-17-23(42-29(36)41)16-32-19(2)37/h3-8,15,18,23H,9-14,16-17,31H2,1-2H3,(H,32,37)(H,33,40)/t18-,23-/m0/s1. The fourth-order valence-electron chi connectivity index (χ4n) is 4.73. The molecular formula is C29H35FN6O6. The summed E-state index contributed by atoms with van der Waals surface area (Å²) in [6.45, 7) is 4.90. The van der Waals surface area contributed by atoms with Crippen LogP contribution in [0.2, 0.25) is 0 Å². The van der Waals surface area contributed by atoms with Crippen LogP contribution < -0.4 is 26.2 Å². The maximum absolute atomic E-state index is 15.1. The topological polar surface area (TPSA) is 154 Å². The molecule has 4 N–H and O–H groups in total. The third kappa shape index (κ3) is 7.60. The van der Waals surface area contributed by atoms with E-state index in [4.69, 9.17) is 10.5 Å². The molecule has 13 heteroatoms. The Hall–Kier alpha value is -4.52. The third-order valence-electron chi connectivity index (χ3n) is 7.12. The SMILES string of the molecule is CC(=O)NC[C@H]1CN(c2ccc(N3CCN(C(=O)CCC(=O)c4ccc(NC(=O)[C@H](C)N)cc4)CC3)c(F)c2)C(=O)O1. The van der Waals surface area contributed by atoms with E-state index in [9.17, 15) is 24.0 Å². The number of piperazine rings is 1. The number of anilines is 3. The van der Waals surface area contributed by atoms with Crippen LogP contribution >= 0.6 is 0 Å². The molecule has 2 fully saturated rings. The minimum Gasteiger partial charge on any atom is -0.442 e. The summed E-state index contributed by atoms with van der Waals surface area (Å²) in [5.74, 6) is -1.40. The van der Waals surface area contributed by atoms with Crippen molar-refractivity contribution in [2.75, 3.05) is 54.4 Å². The first kappa shape index (κ1) is 30.4. The largest absolute Gasteiger partial charge is 0.442 e. The number of benzene rings is 2. The first-order valence-corrected chi connectivity index (χ1v) is 13.8. The van der Waals surface area contributed by atoms with Gasteiger partial charge in [-0.3, -0.25) is 24.1 Å². The summed E-state index contributed by atoms with van der Waals surface area (Å²) in [7, 11) is 0. The second-order valence-corrected chi connectivity index (χ2v) is 10.3. The number of rotatable bonds is 10. The molecule has 0 aliphatic carbocycles. The zero-order chi connectivity index (χ0) is 30.4. The van der Waals surface area contributed by atoms with Crippen LogP contribution in [0.5, 0.6) is 0 Å². The number of halogens is 1. The summed E-state index contributed by atoms with van der Waals surface area (Å²) in [4.78, 5) is 65.3. The summed E-state index contributed by atoms with van der Waals surface area (Å²) in [6, 6.07) is 10.3. The van der Waals surface area contributed by atoms with Crippen molar-refractivity contribution in [1.29, 1.82) is 0 Å². The Morgan fingerprint density at radius 1 is 1.05 bits per heavy atom. The number of cyclic esters (lactones) is 1. The molecule has 0 spiro atoms. The fourth-order valence-corrected chi connectivity index (χ4v) is 4.73. The average molecular weight is 583 g/mol. The van der Waals surface area contributed by atoms with E-state index in [1.54, 1.807) is 48.2 Å². The van der Waals surface area contributed by atoms with Crippen LogP contribution in [-0.2, 0) is 19.1 Å². The molecule has 12 nitrogen and oxygen atoms in total. The molecule has 0 saturated carbocycles. The second kappa shape index (κ2) is 13.4. The fraction of sp³-hybridized carbons (Fsp3) is 0.414. The molecule has 42 heavy (non-hydrogen) atoms. The number of nitrogens with one attached hydrogen (secondary N) is 2. The molecule has 4 amide bonds. The number of hydrogen-bond acceptors (Lipinski definition) is 8. The van der Waals surface area contributed by atoms with E-state index in [1.807, 2.05) is 4.90 Å². The molecule has 0 bridgehead atoms. The van der Waals surface area contributed by atoms with Crippen molar-refractivity contribution in [2.45, 2.75) is 38.8 Å². The van der Waals surface area contributed by atoms with Crippen LogP contribution in [0.1, 0.15) is 37.0 Å². The van der Waals surface area contributed by atoms with Crippen LogP contribution in [0.25, 0.3) is 0 Å². The highest BCUT2D eigenvalue weighted by atomic mass is 19.1. The van der Waals surface area contributed by atoms with Gasteiger partial charge in [0.1, 0.15) is 11.9 Å². The van der Waals surface area contributed by atoms with Crippen LogP contribution in [-0.4, -0.2) is 85.9 Å². The van der Waals surface area contributed by atoms with Crippen molar-refractivity contribution in [3.8, 4) is 0 Å². The molecule has 2 aromatic rings. The van der Waals surface area contributed by atoms with Gasteiger partial charge in [-0.05, 0) is 49.4 Å². The van der Waals surface area contributed by atoms with Gasteiger partial charge in [0.05, 0.1) is 30.5 Å². The van der Waals surface area contributed by atoms with Crippen LogP contribution in [0.4, 0.5) is 26.2 Å². The van der Waals surface area contributed by atoms with E-state index in [-0.39, 0.29) is 49.4 Å². The molecule has 2 saturated heterocycles. The lowest BCUT2D eigenvalue weighted by molar-refractivity contribution is -0.131. The molecule has 0 radical (unpaired) electrons. The van der Waals surface area contributed by atoms with E-state index < -0.39 is 24.1 Å². The first-order chi connectivity index (χ1) is 20.0. The summed E-state index contributed by atoms with van der Waals surface area (Å²) in [5, 5.41) is 5.25. The number of nitrogens with two attached hydrogens (primary N) is 1. The molecule has 2 heterocycles. The van der Waals surface area contributed by atoms with Gasteiger partial charge >= 0.3 is 6.09 Å². The maximum atomic E-state index is 15.1. The monoisotopic (exact) mass is 582 g/mol. The first-order valence-electron chi connectivity index (χ1n) is 13.8. The molecule has 2 aliphatic heterocycles. The number of carbonyl (C=O) groups excluding carboxylic acids is 5. The number of ketones is 1. The Morgan fingerprint density at radius 3 is 2.36 bits per heavy atom. The molecule has 2 aromatic carbocycles. The Bertz CT molecular complexity index is 1340. The Balaban J connectivity index is 1.24. The van der Waals surface area contributed by atoms with Crippen molar-refractivity contribution >= 4 is 46.7 Å². The lowest BCUT2D eigenvalue weighted by atomic mass is 10.1. The van der Waals surface area contributed by atoms with Gasteiger partial charge < -0.3 is 30.9 Å². The van der Waals surface area contributed by atoms with Crippen molar-refractivity contribution in [2.24, 2.45) is 5.73 Å². The number of Topliss-reactive ketones (excluding diaryl/α,β-unsaturated/α-hetero) is 1. The summed E-state index contributed by atoms with van der Waals surface area (Å²) in [6.07, 6.45) is -1.03. The zero-order valence-corrected chi connectivity index (χ0v) is 23.6. The molecule has 224 valence electrons. The Kier molecular flexibility index (Phi) is 9.73. The third-order valence-corrected chi connectivity index (χ3v) is 7.12. The van der Waals surface area contributed by atoms with E-state index in [0.29, 0.717) is 48.8 Å². The van der Waals surface area contributed by atoms with Gasteiger partial charge in [-0.2, -0.15) is 0 Å². The van der Waals surface area contributed by atoms with Gasteiger partial charge in [-0.25, -0.2) is 9.18 Å². The van der Waals surface area contributed by atoms with E-state index in [0.717, 1.165) is 0 Å². The lowest BCUT2D eigenvalue weighted by Gasteiger charge is -2.36. The zero-order valence-electron chi connectivity index (χ0n) is 23.6. The van der Waals surface area contributed by atoms with E-state index in [1.165, 1.54) is 17.9 Å². The minimum absolute atomic E-state index is 0.0469. The van der Waals surface area contributed by atoms with E-state index in [2.05, 4.69) is 10.6 Å². The summed E-state index contributed by atoms with van der Waals surface area (Å²) in [5.41, 5.74) is 7.23. The summed E-state index contributed by atoms with van der Waals surface area (Å²) < 4.78 is 20.3. The van der Waals surface area contributed by atoms with Gasteiger partial charge in [-0.1, -0.05) is 0 Å². The van der Waals surface area contributed by atoms with Gasteiger partial charge in [0.2, 0.25) is 17.7 Å². The Labute approximate surface area is 242 Å². The minimum atomic E-state index is -0.654. The predicted octanol–water partition coefficient (Wildman–Crippen LogP) is 1.88. The number of amides is 4. The molecule has 2 atom stereocenters. The van der Waals surface area contributed by atoms with Gasteiger partial charge in [0, 0.05) is 57.2 Å². The Morgan fingerprint density at radius 2 is 1.74 bits per heavy atom. The predicted molar refractivity (Wildman–Crippen MR) is 154 cm³/mol. The van der Waals surface area contributed by atoms with Gasteiger partial charge in [0.15, 0.2) is 5.78 Å². The van der Waals surface area contributed by atoms with Gasteiger partial charge in [0.25, 0.3) is 0 Å². The molecule has 0 aromatic heterocycles. The highest BCUT2D eigenvalue weighted by molar-refractivity contribution is 5.99. The maximum Gasteiger partial charge on any atom is 0.414 e. The highest BCUT2D eigenvalue weighted by Crippen LogP contribution is 2.28. The number of nitrogens with zero attached hydrogens (tertiary/aromatic N) is 3.